The number of phenols is 1. The summed E-state index contributed by atoms with van der Waals surface area (Å²) >= 11 is 0. The van der Waals surface area contributed by atoms with Crippen LogP contribution in [-0.4, -0.2) is 69.6 Å². The van der Waals surface area contributed by atoms with Crippen LogP contribution < -0.4 is 4.90 Å². The monoisotopic (exact) mass is 448 g/mol. The number of piperidine rings is 1. The minimum atomic E-state index is -0.893. The molecular weight excluding hydrogens is 420 g/mol. The Kier molecular flexibility index (Phi) is 5.76. The highest BCUT2D eigenvalue weighted by Gasteiger charge is 2.36. The number of rotatable bonds is 4. The summed E-state index contributed by atoms with van der Waals surface area (Å²) in [6.45, 7) is 4.42. The molecule has 2 saturated heterocycles. The third kappa shape index (κ3) is 4.18. The van der Waals surface area contributed by atoms with E-state index in [1.807, 2.05) is 31.2 Å². The topological polar surface area (TPSA) is 99.0 Å². The maximum absolute atomic E-state index is 12.2. The van der Waals surface area contributed by atoms with Gasteiger partial charge in [0.2, 0.25) is 0 Å². The Morgan fingerprint density at radius 1 is 1.15 bits per heavy atom. The highest BCUT2D eigenvalue weighted by molar-refractivity contribution is 5.92. The number of hydrogen-bond donors (Lipinski definition) is 2. The number of aromatic nitrogens is 2. The summed E-state index contributed by atoms with van der Waals surface area (Å²) in [5, 5.41) is 21.3. The molecule has 2 aromatic carbocycles. The maximum atomic E-state index is 12.2. The van der Waals surface area contributed by atoms with Crippen molar-refractivity contribution in [2.45, 2.75) is 38.3 Å². The van der Waals surface area contributed by atoms with Crippen LogP contribution in [0.5, 0.6) is 5.75 Å². The first kappa shape index (κ1) is 21.5. The average molecular weight is 449 g/mol. The molecule has 2 atom stereocenters. The number of benzene rings is 2. The number of carbonyl (C=O) groups is 1. The summed E-state index contributed by atoms with van der Waals surface area (Å²) in [5.41, 5.74) is 2.47. The molecule has 0 aliphatic carbocycles. The molecule has 0 radical (unpaired) electrons. The van der Waals surface area contributed by atoms with Gasteiger partial charge in [0, 0.05) is 25.1 Å². The van der Waals surface area contributed by atoms with Gasteiger partial charge in [-0.2, -0.15) is 0 Å². The normalized spacial score (nSPS) is 20.8. The van der Waals surface area contributed by atoms with E-state index in [0.29, 0.717) is 31.1 Å². The Balaban J connectivity index is 1.55. The van der Waals surface area contributed by atoms with E-state index in [9.17, 15) is 15.0 Å². The highest BCUT2D eigenvalue weighted by atomic mass is 16.5. The fourth-order valence-electron chi connectivity index (χ4n) is 4.97. The van der Waals surface area contributed by atoms with E-state index in [0.717, 1.165) is 48.1 Å². The first-order valence-corrected chi connectivity index (χ1v) is 11.4. The number of phenolic OH excluding ortho intramolecular Hbond substituents is 1. The highest BCUT2D eigenvalue weighted by Crippen LogP contribution is 2.34. The molecule has 172 valence electrons. The van der Waals surface area contributed by atoms with Crippen LogP contribution >= 0.6 is 0 Å². The number of aryl methyl sites for hydroxylation is 1. The van der Waals surface area contributed by atoms with Crippen LogP contribution in [0.3, 0.4) is 0 Å². The number of hydrogen-bond acceptors (Lipinski definition) is 6. The lowest BCUT2D eigenvalue weighted by Crippen LogP contribution is -2.54. The zero-order valence-electron chi connectivity index (χ0n) is 18.6. The van der Waals surface area contributed by atoms with Crippen molar-refractivity contribution in [3.63, 3.8) is 0 Å². The van der Waals surface area contributed by atoms with Gasteiger partial charge in [-0.3, -0.25) is 4.90 Å². The Morgan fingerprint density at radius 3 is 2.76 bits per heavy atom. The third-order valence-corrected chi connectivity index (χ3v) is 6.59. The summed E-state index contributed by atoms with van der Waals surface area (Å²) in [6.07, 6.45) is 1.52. The van der Waals surface area contributed by atoms with Gasteiger partial charge < -0.3 is 19.8 Å². The molecule has 8 heteroatoms. The molecule has 2 aliphatic heterocycles. The molecule has 3 aromatic rings. The molecule has 1 amide bonds. The van der Waals surface area contributed by atoms with E-state index in [2.05, 4.69) is 4.90 Å². The molecule has 0 saturated carbocycles. The molecule has 2 aliphatic rings. The second-order valence-corrected chi connectivity index (χ2v) is 8.86. The molecule has 0 spiro atoms. The van der Waals surface area contributed by atoms with Gasteiger partial charge in [0.1, 0.15) is 11.6 Å². The predicted molar refractivity (Wildman–Crippen MR) is 126 cm³/mol. The summed E-state index contributed by atoms with van der Waals surface area (Å²) in [4.78, 5) is 25.6. The van der Waals surface area contributed by atoms with E-state index in [4.69, 9.17) is 14.7 Å². The maximum Gasteiger partial charge on any atom is 0.407 e. The van der Waals surface area contributed by atoms with Gasteiger partial charge in [0.15, 0.2) is 5.82 Å². The van der Waals surface area contributed by atoms with Gasteiger partial charge in [0.05, 0.1) is 29.8 Å². The Hall–Kier alpha value is -3.39. The number of amides is 1. The van der Waals surface area contributed by atoms with Gasteiger partial charge >= 0.3 is 6.09 Å². The Labute approximate surface area is 192 Å². The zero-order chi connectivity index (χ0) is 22.9. The summed E-state index contributed by atoms with van der Waals surface area (Å²) < 4.78 is 5.47. The number of ether oxygens (including phenoxy) is 1. The molecular formula is C25H28N4O4. The summed E-state index contributed by atoms with van der Waals surface area (Å²) in [7, 11) is 0. The predicted octanol–water partition coefficient (Wildman–Crippen LogP) is 4.05. The lowest BCUT2D eigenvalue weighted by Gasteiger charge is -2.41. The number of fused-ring (bicyclic) bond motifs is 1. The van der Waals surface area contributed by atoms with E-state index < -0.39 is 6.09 Å². The minimum Gasteiger partial charge on any atom is -0.507 e. The van der Waals surface area contributed by atoms with Crippen molar-refractivity contribution in [1.82, 2.24) is 14.9 Å². The molecule has 3 heterocycles. The lowest BCUT2D eigenvalue weighted by molar-refractivity contribution is 0.0827. The second-order valence-electron chi connectivity index (χ2n) is 8.86. The third-order valence-electron chi connectivity index (χ3n) is 6.59. The minimum absolute atomic E-state index is 0.103. The first-order chi connectivity index (χ1) is 16.0. The summed E-state index contributed by atoms with van der Waals surface area (Å²) in [5.74, 6) is 1.36. The average Bonchev–Trinajstić information content (AvgIpc) is 3.33. The fourth-order valence-corrected chi connectivity index (χ4v) is 4.97. The number of para-hydroxylation sites is 1. The molecule has 33 heavy (non-hydrogen) atoms. The summed E-state index contributed by atoms with van der Waals surface area (Å²) in [6, 6.07) is 12.9. The van der Waals surface area contributed by atoms with Crippen molar-refractivity contribution in [3.8, 4) is 17.1 Å². The molecule has 8 nitrogen and oxygen atoms in total. The van der Waals surface area contributed by atoms with E-state index in [1.54, 1.807) is 23.1 Å². The SMILES string of the molecule is Cc1ccc2c(N3CCC[C@H](N(C(=O)O)[C@@H]4CCOC4)C3)nc(-c3ccccc3O)nc2c1. The van der Waals surface area contributed by atoms with Gasteiger partial charge in [-0.05, 0) is 56.0 Å². The van der Waals surface area contributed by atoms with Gasteiger partial charge in [-0.1, -0.05) is 18.2 Å². The van der Waals surface area contributed by atoms with Crippen LogP contribution in [0, 0.1) is 6.92 Å². The molecule has 2 N–H and O–H groups in total. The molecule has 5 rings (SSSR count). The lowest BCUT2D eigenvalue weighted by atomic mass is 10.0. The molecule has 2 fully saturated rings. The molecule has 0 bridgehead atoms. The number of anilines is 1. The Morgan fingerprint density at radius 2 is 2.00 bits per heavy atom. The van der Waals surface area contributed by atoms with Crippen LogP contribution in [0.4, 0.5) is 10.6 Å². The van der Waals surface area contributed by atoms with Gasteiger partial charge in [-0.15, -0.1) is 0 Å². The second kappa shape index (κ2) is 8.86. The zero-order valence-corrected chi connectivity index (χ0v) is 18.6. The standard InChI is InChI=1S/C25H28N4O4/c1-16-8-9-19-21(13-16)26-23(20-6-2-3-7-22(20)30)27-24(19)28-11-4-5-17(14-28)29(25(31)32)18-10-12-33-15-18/h2-3,6-9,13,17-18,30H,4-5,10-12,14-15H2,1H3,(H,31,32)/t17-,18+/m0/s1. The van der Waals surface area contributed by atoms with Gasteiger partial charge in [-0.25, -0.2) is 14.8 Å². The molecule has 1 aromatic heterocycles. The Bertz CT molecular complexity index is 1180. The number of nitrogens with zero attached hydrogens (tertiary/aromatic N) is 4. The van der Waals surface area contributed by atoms with Crippen LogP contribution in [0.25, 0.3) is 22.3 Å². The van der Waals surface area contributed by atoms with Gasteiger partial charge in [0.25, 0.3) is 0 Å². The van der Waals surface area contributed by atoms with E-state index >= 15 is 0 Å². The van der Waals surface area contributed by atoms with E-state index in [1.165, 1.54) is 0 Å². The smallest absolute Gasteiger partial charge is 0.407 e. The van der Waals surface area contributed by atoms with Crippen molar-refractivity contribution in [2.24, 2.45) is 0 Å². The van der Waals surface area contributed by atoms with Crippen molar-refractivity contribution < 1.29 is 19.7 Å². The van der Waals surface area contributed by atoms with Crippen LogP contribution in [-0.2, 0) is 4.74 Å². The largest absolute Gasteiger partial charge is 0.507 e. The van der Waals surface area contributed by atoms with Crippen molar-refractivity contribution in [2.75, 3.05) is 31.2 Å². The quantitative estimate of drug-likeness (QED) is 0.621. The van der Waals surface area contributed by atoms with Crippen LogP contribution in [0.1, 0.15) is 24.8 Å². The van der Waals surface area contributed by atoms with Crippen LogP contribution in [0.2, 0.25) is 0 Å². The van der Waals surface area contributed by atoms with Crippen LogP contribution in [0.15, 0.2) is 42.5 Å². The van der Waals surface area contributed by atoms with Crippen molar-refractivity contribution in [1.29, 1.82) is 0 Å². The van der Waals surface area contributed by atoms with Crippen molar-refractivity contribution >= 4 is 22.8 Å². The van der Waals surface area contributed by atoms with E-state index in [-0.39, 0.29) is 17.8 Å². The number of aromatic hydroxyl groups is 1. The number of carboxylic acid groups (broad SMARTS) is 1. The molecule has 0 unspecified atom stereocenters. The first-order valence-electron chi connectivity index (χ1n) is 11.4. The fraction of sp³-hybridized carbons (Fsp3) is 0.400. The van der Waals surface area contributed by atoms with Crippen molar-refractivity contribution in [3.05, 3.63) is 48.0 Å².